The van der Waals surface area contributed by atoms with Gasteiger partial charge in [-0.25, -0.2) is 0 Å². The lowest BCUT2D eigenvalue weighted by molar-refractivity contribution is 0.240. The topological polar surface area (TPSA) is 0 Å². The van der Waals surface area contributed by atoms with Crippen LogP contribution in [0, 0.1) is 17.8 Å². The summed E-state index contributed by atoms with van der Waals surface area (Å²) in [5.41, 5.74) is 0. The van der Waals surface area contributed by atoms with Crippen LogP contribution in [0.5, 0.6) is 0 Å². The van der Waals surface area contributed by atoms with Crippen LogP contribution in [-0.4, -0.2) is 0 Å². The molecule has 1 rings (SSSR count). The first-order valence-electron chi connectivity index (χ1n) is 5.72. The monoisotopic (exact) mass is 168 g/mol. The van der Waals surface area contributed by atoms with Gasteiger partial charge in [0.05, 0.1) is 0 Å². The molecule has 0 aromatic heterocycles. The lowest BCUT2D eigenvalue weighted by Crippen LogP contribution is -2.15. The van der Waals surface area contributed by atoms with E-state index in [0.29, 0.717) is 0 Å². The zero-order valence-corrected chi connectivity index (χ0v) is 8.97. The predicted octanol–water partition coefficient (Wildman–Crippen LogP) is 4.25. The van der Waals surface area contributed by atoms with E-state index >= 15 is 0 Å². The van der Waals surface area contributed by atoms with Gasteiger partial charge in [0.15, 0.2) is 0 Å². The minimum atomic E-state index is 0.910. The van der Waals surface area contributed by atoms with Gasteiger partial charge < -0.3 is 0 Å². The quantitative estimate of drug-likeness (QED) is 0.591. The third kappa shape index (κ3) is 3.16. The SMILES string of the molecule is CCC1CCC(CC(C)C)CC1. The maximum Gasteiger partial charge on any atom is -0.0412 e. The molecule has 72 valence electrons. The molecule has 0 heterocycles. The Bertz CT molecular complexity index is 107. The van der Waals surface area contributed by atoms with Gasteiger partial charge in [0.25, 0.3) is 0 Å². The van der Waals surface area contributed by atoms with Gasteiger partial charge in [-0.05, 0) is 24.2 Å². The minimum Gasteiger partial charge on any atom is -0.0651 e. The lowest BCUT2D eigenvalue weighted by atomic mass is 9.78. The summed E-state index contributed by atoms with van der Waals surface area (Å²) in [5.74, 6) is 3.04. The van der Waals surface area contributed by atoms with Crippen LogP contribution in [0.4, 0.5) is 0 Å². The van der Waals surface area contributed by atoms with E-state index in [0.717, 1.165) is 17.8 Å². The molecule has 0 radical (unpaired) electrons. The van der Waals surface area contributed by atoms with Crippen LogP contribution in [0.2, 0.25) is 0 Å². The molecule has 1 saturated carbocycles. The van der Waals surface area contributed by atoms with E-state index in [-0.39, 0.29) is 0 Å². The third-order valence-electron chi connectivity index (χ3n) is 3.35. The first-order chi connectivity index (χ1) is 5.72. The Labute approximate surface area is 77.7 Å². The van der Waals surface area contributed by atoms with Gasteiger partial charge in [-0.2, -0.15) is 0 Å². The highest BCUT2D eigenvalue weighted by Crippen LogP contribution is 2.33. The molecule has 0 saturated heterocycles. The van der Waals surface area contributed by atoms with Gasteiger partial charge in [0, 0.05) is 0 Å². The van der Waals surface area contributed by atoms with Crippen molar-refractivity contribution in [2.75, 3.05) is 0 Å². The van der Waals surface area contributed by atoms with Crippen molar-refractivity contribution >= 4 is 0 Å². The van der Waals surface area contributed by atoms with Crippen molar-refractivity contribution in [3.8, 4) is 0 Å². The van der Waals surface area contributed by atoms with E-state index in [2.05, 4.69) is 20.8 Å². The van der Waals surface area contributed by atoms with Gasteiger partial charge >= 0.3 is 0 Å². The van der Waals surface area contributed by atoms with Gasteiger partial charge in [0.1, 0.15) is 0 Å². The van der Waals surface area contributed by atoms with Crippen molar-refractivity contribution in [1.82, 2.24) is 0 Å². The van der Waals surface area contributed by atoms with Crippen LogP contribution in [0.25, 0.3) is 0 Å². The molecule has 0 heteroatoms. The van der Waals surface area contributed by atoms with Crippen molar-refractivity contribution in [2.45, 2.75) is 59.3 Å². The summed E-state index contributed by atoms with van der Waals surface area (Å²) in [6.07, 6.45) is 8.92. The molecule has 0 aromatic carbocycles. The summed E-state index contributed by atoms with van der Waals surface area (Å²) in [6.45, 7) is 7.05. The van der Waals surface area contributed by atoms with Crippen LogP contribution >= 0.6 is 0 Å². The molecule has 0 unspecified atom stereocenters. The molecule has 0 aromatic rings. The average Bonchev–Trinajstić information content (AvgIpc) is 2.05. The maximum absolute atomic E-state index is 2.35. The molecule has 1 fully saturated rings. The highest BCUT2D eigenvalue weighted by atomic mass is 14.3. The minimum absolute atomic E-state index is 0.910. The van der Waals surface area contributed by atoms with Gasteiger partial charge in [-0.1, -0.05) is 52.9 Å². The van der Waals surface area contributed by atoms with Crippen molar-refractivity contribution in [3.05, 3.63) is 0 Å². The van der Waals surface area contributed by atoms with E-state index in [1.54, 1.807) is 0 Å². The fourth-order valence-corrected chi connectivity index (χ4v) is 2.54. The van der Waals surface area contributed by atoms with Gasteiger partial charge in [-0.15, -0.1) is 0 Å². The zero-order valence-electron chi connectivity index (χ0n) is 8.97. The van der Waals surface area contributed by atoms with E-state index in [9.17, 15) is 0 Å². The Hall–Kier alpha value is 0. The summed E-state index contributed by atoms with van der Waals surface area (Å²) < 4.78 is 0. The second-order valence-corrected chi connectivity index (χ2v) is 4.92. The van der Waals surface area contributed by atoms with Gasteiger partial charge in [-0.3, -0.25) is 0 Å². The first-order valence-corrected chi connectivity index (χ1v) is 5.72. The molecular formula is C12H24. The van der Waals surface area contributed by atoms with E-state index in [4.69, 9.17) is 0 Å². The highest BCUT2D eigenvalue weighted by molar-refractivity contribution is 4.72. The number of hydrogen-bond acceptors (Lipinski definition) is 0. The van der Waals surface area contributed by atoms with Gasteiger partial charge in [0.2, 0.25) is 0 Å². The van der Waals surface area contributed by atoms with E-state index in [1.165, 1.54) is 38.5 Å². The standard InChI is InChI=1S/C12H24/c1-4-11-5-7-12(8-6-11)9-10(2)3/h10-12H,4-9H2,1-3H3. The predicted molar refractivity (Wildman–Crippen MR) is 55.2 cm³/mol. The second-order valence-electron chi connectivity index (χ2n) is 4.92. The van der Waals surface area contributed by atoms with Crippen molar-refractivity contribution < 1.29 is 0 Å². The zero-order chi connectivity index (χ0) is 8.97. The second kappa shape index (κ2) is 4.89. The largest absolute Gasteiger partial charge is 0.0651 e. The molecule has 0 nitrogen and oxygen atoms in total. The molecule has 0 spiro atoms. The molecule has 12 heavy (non-hydrogen) atoms. The van der Waals surface area contributed by atoms with Crippen LogP contribution in [0.15, 0.2) is 0 Å². The Morgan fingerprint density at radius 2 is 1.50 bits per heavy atom. The average molecular weight is 168 g/mol. The Morgan fingerprint density at radius 3 is 1.92 bits per heavy atom. The summed E-state index contributed by atoms with van der Waals surface area (Å²) in [5, 5.41) is 0. The lowest BCUT2D eigenvalue weighted by Gasteiger charge is -2.28. The summed E-state index contributed by atoms with van der Waals surface area (Å²) in [4.78, 5) is 0. The molecule has 0 bridgehead atoms. The number of hydrogen-bond donors (Lipinski definition) is 0. The maximum atomic E-state index is 2.35. The van der Waals surface area contributed by atoms with Crippen molar-refractivity contribution in [2.24, 2.45) is 17.8 Å². The van der Waals surface area contributed by atoms with Crippen LogP contribution in [0.1, 0.15) is 59.3 Å². The van der Waals surface area contributed by atoms with Crippen LogP contribution in [0.3, 0.4) is 0 Å². The van der Waals surface area contributed by atoms with E-state index < -0.39 is 0 Å². The van der Waals surface area contributed by atoms with Crippen molar-refractivity contribution in [1.29, 1.82) is 0 Å². The molecule has 0 amide bonds. The first kappa shape index (κ1) is 10.1. The molecule has 0 N–H and O–H groups in total. The van der Waals surface area contributed by atoms with E-state index in [1.807, 2.05) is 0 Å². The van der Waals surface area contributed by atoms with Crippen LogP contribution < -0.4 is 0 Å². The normalized spacial score (nSPS) is 31.0. The fourth-order valence-electron chi connectivity index (χ4n) is 2.54. The number of rotatable bonds is 3. The molecule has 0 aliphatic heterocycles. The summed E-state index contributed by atoms with van der Waals surface area (Å²) in [6, 6.07) is 0. The van der Waals surface area contributed by atoms with Crippen LogP contribution in [-0.2, 0) is 0 Å². The summed E-state index contributed by atoms with van der Waals surface area (Å²) in [7, 11) is 0. The highest BCUT2D eigenvalue weighted by Gasteiger charge is 2.20. The molecule has 0 atom stereocenters. The Morgan fingerprint density at radius 1 is 1.00 bits per heavy atom. The molecular weight excluding hydrogens is 144 g/mol. The third-order valence-corrected chi connectivity index (χ3v) is 3.35. The van der Waals surface area contributed by atoms with Crippen molar-refractivity contribution in [3.63, 3.8) is 0 Å². The Kier molecular flexibility index (Phi) is 4.11. The smallest absolute Gasteiger partial charge is 0.0412 e. The fraction of sp³-hybridized carbons (Fsp3) is 1.00. The molecule has 1 aliphatic carbocycles. The Balaban J connectivity index is 2.17. The summed E-state index contributed by atoms with van der Waals surface area (Å²) >= 11 is 0. The molecule has 1 aliphatic rings.